The number of carboxylic acids is 1. The number of carboxylic acid groups (broad SMARTS) is 1. The highest BCUT2D eigenvalue weighted by Crippen LogP contribution is 2.44. The Labute approximate surface area is 138 Å². The van der Waals surface area contributed by atoms with Crippen LogP contribution >= 0.6 is 0 Å². The van der Waals surface area contributed by atoms with Crippen molar-refractivity contribution in [3.8, 4) is 0 Å². The SMILES string of the molecule is O=C(CC1(C(=O)O)CCC1)NCCN1C(=O)c2ccccc2C1=O. The number of carbonyl (C=O) groups is 4. The molecular weight excluding hydrogens is 312 g/mol. The van der Waals surface area contributed by atoms with Crippen LogP contribution in [0.4, 0.5) is 0 Å². The summed E-state index contributed by atoms with van der Waals surface area (Å²) in [5.41, 5.74) is -0.208. The van der Waals surface area contributed by atoms with Gasteiger partial charge in [-0.25, -0.2) is 0 Å². The lowest BCUT2D eigenvalue weighted by molar-refractivity contribution is -0.157. The highest BCUT2D eigenvalue weighted by atomic mass is 16.4. The summed E-state index contributed by atoms with van der Waals surface area (Å²) in [6.07, 6.45) is 1.77. The zero-order valence-corrected chi connectivity index (χ0v) is 13.1. The number of nitrogens with zero attached hydrogens (tertiary/aromatic N) is 1. The van der Waals surface area contributed by atoms with Crippen molar-refractivity contribution in [2.45, 2.75) is 25.7 Å². The van der Waals surface area contributed by atoms with Crippen LogP contribution in [0.5, 0.6) is 0 Å². The van der Waals surface area contributed by atoms with E-state index in [-0.39, 0.29) is 37.2 Å². The first-order chi connectivity index (χ1) is 11.4. The third kappa shape index (κ3) is 2.66. The molecule has 2 N–H and O–H groups in total. The Kier molecular flexibility index (Phi) is 4.09. The quantitative estimate of drug-likeness (QED) is 0.759. The maximum atomic E-state index is 12.2. The van der Waals surface area contributed by atoms with Crippen LogP contribution in [-0.2, 0) is 9.59 Å². The molecule has 24 heavy (non-hydrogen) atoms. The number of aliphatic carboxylic acids is 1. The molecule has 1 aliphatic heterocycles. The molecule has 3 rings (SSSR count). The third-order valence-corrected chi connectivity index (χ3v) is 4.80. The molecule has 0 unspecified atom stereocenters. The van der Waals surface area contributed by atoms with Crippen molar-refractivity contribution in [1.82, 2.24) is 10.2 Å². The van der Waals surface area contributed by atoms with Gasteiger partial charge in [-0.2, -0.15) is 0 Å². The number of benzene rings is 1. The van der Waals surface area contributed by atoms with E-state index in [9.17, 15) is 24.3 Å². The van der Waals surface area contributed by atoms with E-state index < -0.39 is 11.4 Å². The molecule has 1 aromatic carbocycles. The summed E-state index contributed by atoms with van der Waals surface area (Å²) in [7, 11) is 0. The van der Waals surface area contributed by atoms with Gasteiger partial charge in [0.15, 0.2) is 0 Å². The van der Waals surface area contributed by atoms with E-state index in [1.807, 2.05) is 0 Å². The Hall–Kier alpha value is -2.70. The molecule has 0 atom stereocenters. The van der Waals surface area contributed by atoms with Gasteiger partial charge in [-0.1, -0.05) is 18.6 Å². The summed E-state index contributed by atoms with van der Waals surface area (Å²) in [4.78, 5) is 48.6. The van der Waals surface area contributed by atoms with E-state index in [2.05, 4.69) is 5.32 Å². The van der Waals surface area contributed by atoms with Gasteiger partial charge in [0.2, 0.25) is 5.91 Å². The van der Waals surface area contributed by atoms with Crippen LogP contribution in [0.25, 0.3) is 0 Å². The first kappa shape index (κ1) is 16.2. The molecule has 126 valence electrons. The average Bonchev–Trinajstić information content (AvgIpc) is 2.76. The summed E-state index contributed by atoms with van der Waals surface area (Å²) >= 11 is 0. The fourth-order valence-corrected chi connectivity index (χ4v) is 3.19. The molecule has 3 amide bonds. The van der Waals surface area contributed by atoms with Gasteiger partial charge in [0.1, 0.15) is 0 Å². The Morgan fingerprint density at radius 2 is 1.71 bits per heavy atom. The molecule has 7 heteroatoms. The molecule has 1 fully saturated rings. The number of hydrogen-bond acceptors (Lipinski definition) is 4. The molecular formula is C17H18N2O5. The average molecular weight is 330 g/mol. The van der Waals surface area contributed by atoms with Crippen LogP contribution in [-0.4, -0.2) is 46.8 Å². The van der Waals surface area contributed by atoms with E-state index >= 15 is 0 Å². The molecule has 0 saturated heterocycles. The van der Waals surface area contributed by atoms with E-state index in [1.54, 1.807) is 24.3 Å². The predicted octanol–water partition coefficient (Wildman–Crippen LogP) is 1.04. The summed E-state index contributed by atoms with van der Waals surface area (Å²) in [5, 5.41) is 11.8. The number of nitrogens with one attached hydrogen (secondary N) is 1. The number of fused-ring (bicyclic) bond motifs is 1. The lowest BCUT2D eigenvalue weighted by atomic mass is 9.66. The van der Waals surface area contributed by atoms with Crippen LogP contribution in [0, 0.1) is 5.41 Å². The third-order valence-electron chi connectivity index (χ3n) is 4.80. The normalized spacial score (nSPS) is 18.1. The highest BCUT2D eigenvalue weighted by molar-refractivity contribution is 6.21. The zero-order valence-electron chi connectivity index (χ0n) is 13.1. The molecule has 0 aromatic heterocycles. The van der Waals surface area contributed by atoms with E-state index in [1.165, 1.54) is 0 Å². The molecule has 0 radical (unpaired) electrons. The van der Waals surface area contributed by atoms with Crippen LogP contribution in [0.1, 0.15) is 46.4 Å². The molecule has 7 nitrogen and oxygen atoms in total. The number of imide groups is 1. The Balaban J connectivity index is 1.52. The van der Waals surface area contributed by atoms with Gasteiger partial charge in [-0.05, 0) is 25.0 Å². The van der Waals surface area contributed by atoms with Crippen molar-refractivity contribution in [2.24, 2.45) is 5.41 Å². The molecule has 1 saturated carbocycles. The van der Waals surface area contributed by atoms with Gasteiger partial charge in [-0.3, -0.25) is 24.1 Å². The second kappa shape index (κ2) is 6.07. The van der Waals surface area contributed by atoms with E-state index in [4.69, 9.17) is 0 Å². The number of hydrogen-bond donors (Lipinski definition) is 2. The van der Waals surface area contributed by atoms with Crippen molar-refractivity contribution in [1.29, 1.82) is 0 Å². The van der Waals surface area contributed by atoms with Crippen molar-refractivity contribution >= 4 is 23.7 Å². The van der Waals surface area contributed by atoms with Crippen LogP contribution < -0.4 is 5.32 Å². The van der Waals surface area contributed by atoms with Gasteiger partial charge in [0.05, 0.1) is 16.5 Å². The van der Waals surface area contributed by atoms with Crippen LogP contribution in [0.2, 0.25) is 0 Å². The van der Waals surface area contributed by atoms with Crippen LogP contribution in [0.3, 0.4) is 0 Å². The molecule has 0 bridgehead atoms. The van der Waals surface area contributed by atoms with Gasteiger partial charge in [0.25, 0.3) is 11.8 Å². The molecule has 2 aliphatic rings. The summed E-state index contributed by atoms with van der Waals surface area (Å²) in [6, 6.07) is 6.58. The minimum absolute atomic E-state index is 0.0650. The maximum absolute atomic E-state index is 12.2. The summed E-state index contributed by atoms with van der Waals surface area (Å²) in [6.45, 7) is 0.179. The lowest BCUT2D eigenvalue weighted by Gasteiger charge is -2.36. The molecule has 1 aromatic rings. The number of rotatable bonds is 6. The topological polar surface area (TPSA) is 104 Å². The van der Waals surface area contributed by atoms with Crippen molar-refractivity contribution < 1.29 is 24.3 Å². The van der Waals surface area contributed by atoms with Crippen molar-refractivity contribution in [3.05, 3.63) is 35.4 Å². The molecule has 0 spiro atoms. The van der Waals surface area contributed by atoms with Crippen molar-refractivity contribution in [3.63, 3.8) is 0 Å². The fourth-order valence-electron chi connectivity index (χ4n) is 3.19. The van der Waals surface area contributed by atoms with Gasteiger partial charge < -0.3 is 10.4 Å². The standard InChI is InChI=1S/C17H18N2O5/c20-13(10-17(16(23)24)6-3-7-17)18-8-9-19-14(21)11-4-1-2-5-12(11)15(19)22/h1-2,4-5H,3,6-10H2,(H,18,20)(H,23,24). The fraction of sp³-hybridized carbons (Fsp3) is 0.412. The molecule has 1 heterocycles. The second-order valence-electron chi connectivity index (χ2n) is 6.27. The Bertz CT molecular complexity index is 688. The smallest absolute Gasteiger partial charge is 0.310 e. The second-order valence-corrected chi connectivity index (χ2v) is 6.27. The van der Waals surface area contributed by atoms with Gasteiger partial charge >= 0.3 is 5.97 Å². The summed E-state index contributed by atoms with van der Waals surface area (Å²) < 4.78 is 0. The predicted molar refractivity (Wildman–Crippen MR) is 83.4 cm³/mol. The monoisotopic (exact) mass is 330 g/mol. The maximum Gasteiger partial charge on any atom is 0.310 e. The minimum Gasteiger partial charge on any atom is -0.481 e. The zero-order chi connectivity index (χ0) is 17.3. The van der Waals surface area contributed by atoms with Crippen LogP contribution in [0.15, 0.2) is 24.3 Å². The Morgan fingerprint density at radius 1 is 1.12 bits per heavy atom. The van der Waals surface area contributed by atoms with Gasteiger partial charge in [-0.15, -0.1) is 0 Å². The number of carbonyl (C=O) groups excluding carboxylic acids is 3. The van der Waals surface area contributed by atoms with E-state index in [0.717, 1.165) is 11.3 Å². The lowest BCUT2D eigenvalue weighted by Crippen LogP contribution is -2.44. The molecule has 1 aliphatic carbocycles. The highest BCUT2D eigenvalue weighted by Gasteiger charge is 2.45. The van der Waals surface area contributed by atoms with Gasteiger partial charge in [0, 0.05) is 19.5 Å². The van der Waals surface area contributed by atoms with E-state index in [0.29, 0.717) is 24.0 Å². The van der Waals surface area contributed by atoms with Crippen molar-refractivity contribution in [2.75, 3.05) is 13.1 Å². The summed E-state index contributed by atoms with van der Waals surface area (Å²) in [5.74, 6) is -2.05. The number of amides is 3. The first-order valence-electron chi connectivity index (χ1n) is 7.90. The Morgan fingerprint density at radius 3 is 2.17 bits per heavy atom. The minimum atomic E-state index is -0.945. The largest absolute Gasteiger partial charge is 0.481 e. The first-order valence-corrected chi connectivity index (χ1v) is 7.90.